The van der Waals surface area contributed by atoms with E-state index in [0.717, 1.165) is 37.5 Å². The number of nitro benzene ring substituents is 1. The fraction of sp³-hybridized carbons (Fsp3) is 0.462. The van der Waals surface area contributed by atoms with Gasteiger partial charge in [-0.2, -0.15) is 5.10 Å². The fourth-order valence-electron chi connectivity index (χ4n) is 2.44. The molecule has 1 aliphatic carbocycles. The zero-order valence-electron chi connectivity index (χ0n) is 12.2. The van der Waals surface area contributed by atoms with Gasteiger partial charge in [0.25, 0.3) is 5.69 Å². The highest BCUT2D eigenvalue weighted by molar-refractivity contribution is 7.89. The fourth-order valence-corrected chi connectivity index (χ4v) is 2.97. The molecule has 22 heavy (non-hydrogen) atoms. The minimum Gasteiger partial charge on any atom is -0.272 e. The molecule has 0 aromatic heterocycles. The summed E-state index contributed by atoms with van der Waals surface area (Å²) in [5.41, 5.74) is 3.40. The van der Waals surface area contributed by atoms with Crippen LogP contribution in [0.4, 0.5) is 11.4 Å². The molecule has 2 rings (SSSR count). The van der Waals surface area contributed by atoms with Crippen molar-refractivity contribution in [2.45, 2.75) is 37.5 Å². The molecule has 1 aromatic carbocycles. The lowest BCUT2D eigenvalue weighted by Crippen LogP contribution is -2.14. The number of nitrogens with two attached hydrogens (primary N) is 1. The van der Waals surface area contributed by atoms with E-state index in [4.69, 9.17) is 5.14 Å². The summed E-state index contributed by atoms with van der Waals surface area (Å²) in [5.74, 6) is 0.550. The van der Waals surface area contributed by atoms with Crippen LogP contribution >= 0.6 is 0 Å². The van der Waals surface area contributed by atoms with Crippen molar-refractivity contribution in [3.63, 3.8) is 0 Å². The first-order valence-corrected chi connectivity index (χ1v) is 8.44. The number of nitrogens with one attached hydrogen (secondary N) is 1. The predicted molar refractivity (Wildman–Crippen MR) is 83.2 cm³/mol. The van der Waals surface area contributed by atoms with E-state index in [1.54, 1.807) is 0 Å². The number of nitro groups is 1. The summed E-state index contributed by atoms with van der Waals surface area (Å²) in [7, 11) is -3.99. The number of hydrogen-bond acceptors (Lipinski definition) is 6. The molecular weight excluding hydrogens is 308 g/mol. The molecule has 120 valence electrons. The van der Waals surface area contributed by atoms with Gasteiger partial charge in [-0.15, -0.1) is 0 Å². The number of anilines is 1. The molecule has 1 saturated carbocycles. The SMILES string of the molecule is C[C@@H]1CCC/C(=N/Nc2ccc(S(N)(=O)=O)cc2[N+](=O)[O-])C1. The Kier molecular flexibility index (Phi) is 4.77. The van der Waals surface area contributed by atoms with Gasteiger partial charge in [0.05, 0.1) is 9.82 Å². The second-order valence-electron chi connectivity index (χ2n) is 5.47. The van der Waals surface area contributed by atoms with Crippen LogP contribution in [0, 0.1) is 16.0 Å². The second-order valence-corrected chi connectivity index (χ2v) is 7.03. The van der Waals surface area contributed by atoms with Crippen molar-refractivity contribution in [3.8, 4) is 0 Å². The average Bonchev–Trinajstić information content (AvgIpc) is 2.44. The number of hydrazone groups is 1. The van der Waals surface area contributed by atoms with Crippen molar-refractivity contribution in [1.82, 2.24) is 0 Å². The molecule has 0 heterocycles. The zero-order valence-corrected chi connectivity index (χ0v) is 13.0. The van der Waals surface area contributed by atoms with Gasteiger partial charge in [-0.3, -0.25) is 15.5 Å². The molecule has 0 radical (unpaired) electrons. The number of nitrogens with zero attached hydrogens (tertiary/aromatic N) is 2. The summed E-state index contributed by atoms with van der Waals surface area (Å²) >= 11 is 0. The number of hydrogen-bond donors (Lipinski definition) is 2. The van der Waals surface area contributed by atoms with Crippen LogP contribution in [0.1, 0.15) is 32.6 Å². The third kappa shape index (κ3) is 4.01. The van der Waals surface area contributed by atoms with Crippen molar-refractivity contribution >= 4 is 27.1 Å². The van der Waals surface area contributed by atoms with E-state index in [-0.39, 0.29) is 16.3 Å². The average molecular weight is 326 g/mol. The van der Waals surface area contributed by atoms with Crippen molar-refractivity contribution in [3.05, 3.63) is 28.3 Å². The number of sulfonamides is 1. The van der Waals surface area contributed by atoms with Crippen LogP contribution in [0.2, 0.25) is 0 Å². The van der Waals surface area contributed by atoms with Gasteiger partial charge >= 0.3 is 0 Å². The van der Waals surface area contributed by atoms with Crippen molar-refractivity contribution in [2.75, 3.05) is 5.43 Å². The van der Waals surface area contributed by atoms with E-state index < -0.39 is 14.9 Å². The molecule has 0 aliphatic heterocycles. The molecule has 1 aromatic rings. The normalized spacial score (nSPS) is 20.8. The monoisotopic (exact) mass is 326 g/mol. The third-order valence-electron chi connectivity index (χ3n) is 3.58. The van der Waals surface area contributed by atoms with Gasteiger partial charge in [-0.25, -0.2) is 13.6 Å². The smallest absolute Gasteiger partial charge is 0.272 e. The molecule has 0 unspecified atom stereocenters. The van der Waals surface area contributed by atoms with Crippen molar-refractivity contribution in [2.24, 2.45) is 16.2 Å². The lowest BCUT2D eigenvalue weighted by Gasteiger charge is -2.19. The Balaban J connectivity index is 2.27. The largest absolute Gasteiger partial charge is 0.295 e. The molecule has 3 N–H and O–H groups in total. The van der Waals surface area contributed by atoms with Crippen molar-refractivity contribution in [1.29, 1.82) is 0 Å². The van der Waals surface area contributed by atoms with Crippen LogP contribution < -0.4 is 10.6 Å². The highest BCUT2D eigenvalue weighted by atomic mass is 32.2. The zero-order chi connectivity index (χ0) is 16.3. The van der Waals surface area contributed by atoms with Crippen LogP contribution in [0.5, 0.6) is 0 Å². The van der Waals surface area contributed by atoms with E-state index in [0.29, 0.717) is 5.92 Å². The molecule has 9 heteroatoms. The summed E-state index contributed by atoms with van der Waals surface area (Å²) < 4.78 is 22.5. The molecule has 0 spiro atoms. The highest BCUT2D eigenvalue weighted by Gasteiger charge is 2.19. The first-order valence-electron chi connectivity index (χ1n) is 6.90. The molecule has 1 aliphatic rings. The Hall–Kier alpha value is -2.00. The Labute approximate surface area is 128 Å². The number of rotatable bonds is 4. The minimum absolute atomic E-state index is 0.142. The third-order valence-corrected chi connectivity index (χ3v) is 4.49. The standard InChI is InChI=1S/C13H18N4O4S/c1-9-3-2-4-10(7-9)15-16-12-6-5-11(22(14,20)21)8-13(12)17(18)19/h5-6,8-9,16H,2-4,7H2,1H3,(H2,14,20,21)/b15-10-/t9-/m1/s1. The number of primary sulfonamides is 1. The number of benzene rings is 1. The predicted octanol–water partition coefficient (Wildman–Crippen LogP) is 2.22. The van der Waals surface area contributed by atoms with Gasteiger partial charge in [0.1, 0.15) is 5.69 Å². The van der Waals surface area contributed by atoms with Gasteiger partial charge in [0.15, 0.2) is 0 Å². The van der Waals surface area contributed by atoms with E-state index >= 15 is 0 Å². The van der Waals surface area contributed by atoms with Gasteiger partial charge in [0, 0.05) is 11.8 Å². The van der Waals surface area contributed by atoms with Gasteiger partial charge in [-0.05, 0) is 43.7 Å². The van der Waals surface area contributed by atoms with Gasteiger partial charge in [-0.1, -0.05) is 6.92 Å². The second kappa shape index (κ2) is 6.41. The van der Waals surface area contributed by atoms with E-state index in [1.807, 2.05) is 0 Å². The maximum atomic E-state index is 11.3. The Morgan fingerprint density at radius 2 is 2.18 bits per heavy atom. The maximum Gasteiger partial charge on any atom is 0.295 e. The van der Waals surface area contributed by atoms with Crippen LogP contribution in [0.3, 0.4) is 0 Å². The highest BCUT2D eigenvalue weighted by Crippen LogP contribution is 2.28. The van der Waals surface area contributed by atoms with E-state index in [9.17, 15) is 18.5 Å². The van der Waals surface area contributed by atoms with E-state index in [2.05, 4.69) is 17.5 Å². The first kappa shape index (κ1) is 16.4. The molecule has 8 nitrogen and oxygen atoms in total. The quantitative estimate of drug-likeness (QED) is 0.647. The van der Waals surface area contributed by atoms with Crippen LogP contribution in [0.15, 0.2) is 28.2 Å². The topological polar surface area (TPSA) is 128 Å². The van der Waals surface area contributed by atoms with Gasteiger partial charge < -0.3 is 0 Å². The van der Waals surface area contributed by atoms with Crippen LogP contribution in [0.25, 0.3) is 0 Å². The lowest BCUT2D eigenvalue weighted by atomic mass is 9.89. The molecule has 1 atom stereocenters. The van der Waals surface area contributed by atoms with Crippen LogP contribution in [-0.2, 0) is 10.0 Å². The van der Waals surface area contributed by atoms with Crippen LogP contribution in [-0.4, -0.2) is 19.1 Å². The van der Waals surface area contributed by atoms with Gasteiger partial charge in [0.2, 0.25) is 10.0 Å². The summed E-state index contributed by atoms with van der Waals surface area (Å²) in [4.78, 5) is 10.1. The molecule has 0 saturated heterocycles. The Morgan fingerprint density at radius 3 is 2.77 bits per heavy atom. The lowest BCUT2D eigenvalue weighted by molar-refractivity contribution is -0.384. The Morgan fingerprint density at radius 1 is 1.45 bits per heavy atom. The molecular formula is C13H18N4O4S. The summed E-state index contributed by atoms with van der Waals surface area (Å²) in [6.07, 6.45) is 3.92. The molecule has 0 bridgehead atoms. The Bertz CT molecular complexity index is 715. The molecule has 1 fully saturated rings. The minimum atomic E-state index is -3.99. The van der Waals surface area contributed by atoms with Crippen molar-refractivity contribution < 1.29 is 13.3 Å². The first-order chi connectivity index (χ1) is 10.3. The maximum absolute atomic E-state index is 11.3. The summed E-state index contributed by atoms with van der Waals surface area (Å²) in [6, 6.07) is 3.45. The summed E-state index contributed by atoms with van der Waals surface area (Å²) in [5, 5.41) is 20.3. The molecule has 0 amide bonds. The van der Waals surface area contributed by atoms with E-state index in [1.165, 1.54) is 12.1 Å². The summed E-state index contributed by atoms with van der Waals surface area (Å²) in [6.45, 7) is 2.14.